The average molecular weight is 325 g/mol. The van der Waals surface area contributed by atoms with E-state index in [4.69, 9.17) is 16.3 Å². The molecule has 2 N–H and O–H groups in total. The largest absolute Gasteiger partial charge is 0.492 e. The molecule has 1 aliphatic heterocycles. The highest BCUT2D eigenvalue weighted by Crippen LogP contribution is 2.25. The van der Waals surface area contributed by atoms with Crippen molar-refractivity contribution in [2.45, 2.75) is 38.6 Å². The molecule has 1 atom stereocenters. The fourth-order valence-electron chi connectivity index (χ4n) is 2.31. The molecular weight excluding hydrogens is 304 g/mol. The second-order valence-electron chi connectivity index (χ2n) is 5.34. The molecule has 1 unspecified atom stereocenters. The van der Waals surface area contributed by atoms with Gasteiger partial charge in [0.25, 0.3) is 5.91 Å². The van der Waals surface area contributed by atoms with Crippen molar-refractivity contribution in [2.75, 3.05) is 13.2 Å². The molecule has 1 saturated heterocycles. The molecule has 6 heteroatoms. The van der Waals surface area contributed by atoms with Crippen molar-refractivity contribution in [1.82, 2.24) is 10.6 Å². The van der Waals surface area contributed by atoms with Gasteiger partial charge in [0, 0.05) is 24.6 Å². The summed E-state index contributed by atoms with van der Waals surface area (Å²) in [6.45, 7) is 3.20. The first kappa shape index (κ1) is 16.6. The van der Waals surface area contributed by atoms with Crippen LogP contribution in [0.1, 0.15) is 43.0 Å². The molecule has 0 bridgehead atoms. The van der Waals surface area contributed by atoms with Crippen LogP contribution in [0, 0.1) is 0 Å². The van der Waals surface area contributed by atoms with Crippen LogP contribution in [0.25, 0.3) is 0 Å². The lowest BCUT2D eigenvalue weighted by Crippen LogP contribution is -2.35. The highest BCUT2D eigenvalue weighted by atomic mass is 35.5. The summed E-state index contributed by atoms with van der Waals surface area (Å²) in [5.74, 6) is 0.449. The van der Waals surface area contributed by atoms with Crippen molar-refractivity contribution >= 4 is 23.4 Å². The number of nitrogens with one attached hydrogen (secondary N) is 2. The molecule has 1 fully saturated rings. The van der Waals surface area contributed by atoms with Crippen molar-refractivity contribution < 1.29 is 14.3 Å². The van der Waals surface area contributed by atoms with E-state index in [1.54, 1.807) is 18.2 Å². The Labute approximate surface area is 135 Å². The van der Waals surface area contributed by atoms with Crippen molar-refractivity contribution in [3.05, 3.63) is 28.8 Å². The van der Waals surface area contributed by atoms with E-state index in [2.05, 4.69) is 10.6 Å². The Balaban J connectivity index is 1.97. The third-order valence-corrected chi connectivity index (χ3v) is 3.82. The zero-order valence-corrected chi connectivity index (χ0v) is 13.4. The number of carbonyl (C=O) groups excluding carboxylic acids is 2. The fraction of sp³-hybridized carbons (Fsp3) is 0.500. The van der Waals surface area contributed by atoms with E-state index < -0.39 is 0 Å². The van der Waals surface area contributed by atoms with Crippen LogP contribution in [0.4, 0.5) is 0 Å². The molecule has 2 rings (SSSR count). The molecule has 0 spiro atoms. The minimum Gasteiger partial charge on any atom is -0.492 e. The van der Waals surface area contributed by atoms with Crippen LogP contribution < -0.4 is 15.4 Å². The van der Waals surface area contributed by atoms with E-state index in [1.807, 2.05) is 6.92 Å². The Morgan fingerprint density at radius 3 is 3.00 bits per heavy atom. The van der Waals surface area contributed by atoms with Crippen LogP contribution in [0.2, 0.25) is 5.02 Å². The first-order valence-corrected chi connectivity index (χ1v) is 7.98. The highest BCUT2D eigenvalue weighted by molar-refractivity contribution is 6.32. The van der Waals surface area contributed by atoms with Gasteiger partial charge in [-0.2, -0.15) is 0 Å². The lowest BCUT2D eigenvalue weighted by atomic mass is 10.1. The summed E-state index contributed by atoms with van der Waals surface area (Å²) in [5.41, 5.74) is 0.498. The number of rotatable bonds is 5. The number of hydrogen-bond donors (Lipinski definition) is 2. The number of halogens is 1. The summed E-state index contributed by atoms with van der Waals surface area (Å²) in [6, 6.07) is 5.03. The minimum atomic E-state index is -0.178. The van der Waals surface area contributed by atoms with Gasteiger partial charge in [-0.25, -0.2) is 0 Å². The maximum Gasteiger partial charge on any atom is 0.251 e. The molecule has 0 aliphatic carbocycles. The summed E-state index contributed by atoms with van der Waals surface area (Å²) >= 11 is 6.14. The lowest BCUT2D eigenvalue weighted by molar-refractivity contribution is -0.120. The third-order valence-electron chi connectivity index (χ3n) is 3.53. The van der Waals surface area contributed by atoms with Gasteiger partial charge in [-0.1, -0.05) is 18.5 Å². The van der Waals surface area contributed by atoms with Crippen LogP contribution >= 0.6 is 11.6 Å². The van der Waals surface area contributed by atoms with E-state index in [0.717, 1.165) is 12.8 Å². The first-order valence-electron chi connectivity index (χ1n) is 7.60. The van der Waals surface area contributed by atoms with E-state index in [9.17, 15) is 9.59 Å². The summed E-state index contributed by atoms with van der Waals surface area (Å²) in [6.07, 6.45) is 2.73. The summed E-state index contributed by atoms with van der Waals surface area (Å²) in [7, 11) is 0. The Kier molecular flexibility index (Phi) is 6.07. The topological polar surface area (TPSA) is 67.4 Å². The van der Waals surface area contributed by atoms with E-state index in [1.165, 1.54) is 0 Å². The number of hydrogen-bond acceptors (Lipinski definition) is 3. The molecule has 0 aromatic heterocycles. The second-order valence-corrected chi connectivity index (χ2v) is 5.75. The maximum absolute atomic E-state index is 12.3. The smallest absolute Gasteiger partial charge is 0.251 e. The van der Waals surface area contributed by atoms with Crippen LogP contribution in [-0.2, 0) is 4.79 Å². The van der Waals surface area contributed by atoms with Crippen molar-refractivity contribution in [3.63, 3.8) is 0 Å². The molecule has 1 aliphatic rings. The van der Waals surface area contributed by atoms with Crippen LogP contribution in [-0.4, -0.2) is 31.0 Å². The molecular formula is C16H21ClN2O3. The minimum absolute atomic E-state index is 0.00115. The van der Waals surface area contributed by atoms with E-state index in [-0.39, 0.29) is 17.9 Å². The van der Waals surface area contributed by atoms with Gasteiger partial charge in [-0.15, -0.1) is 0 Å². The second kappa shape index (κ2) is 8.03. The van der Waals surface area contributed by atoms with Crippen molar-refractivity contribution in [3.8, 4) is 5.75 Å². The van der Waals surface area contributed by atoms with Crippen molar-refractivity contribution in [2.24, 2.45) is 0 Å². The quantitative estimate of drug-likeness (QED) is 0.874. The van der Waals surface area contributed by atoms with Crippen LogP contribution in [0.5, 0.6) is 5.75 Å². The van der Waals surface area contributed by atoms with Gasteiger partial charge in [0.1, 0.15) is 5.75 Å². The SMILES string of the molecule is CCCOc1ccc(C(=O)NC2CCNC(=O)CC2)cc1Cl. The zero-order valence-electron chi connectivity index (χ0n) is 12.7. The number of benzene rings is 1. The molecule has 1 aromatic rings. The van der Waals surface area contributed by atoms with Gasteiger partial charge in [-0.05, 0) is 37.5 Å². The summed E-state index contributed by atoms with van der Waals surface area (Å²) in [4.78, 5) is 23.6. The third kappa shape index (κ3) is 4.63. The van der Waals surface area contributed by atoms with Crippen LogP contribution in [0.3, 0.4) is 0 Å². The molecule has 120 valence electrons. The Morgan fingerprint density at radius 2 is 2.27 bits per heavy atom. The van der Waals surface area contributed by atoms with Gasteiger partial charge in [0.2, 0.25) is 5.91 Å². The summed E-state index contributed by atoms with van der Waals surface area (Å²) in [5, 5.41) is 6.18. The normalized spacial score (nSPS) is 18.3. The zero-order chi connectivity index (χ0) is 15.9. The number of amides is 2. The molecule has 5 nitrogen and oxygen atoms in total. The first-order chi connectivity index (χ1) is 10.6. The number of carbonyl (C=O) groups is 2. The molecule has 0 radical (unpaired) electrons. The molecule has 2 amide bonds. The monoisotopic (exact) mass is 324 g/mol. The predicted molar refractivity (Wildman–Crippen MR) is 85.4 cm³/mol. The Morgan fingerprint density at radius 1 is 1.45 bits per heavy atom. The standard InChI is InChI=1S/C16H21ClN2O3/c1-2-9-22-14-5-3-11(10-13(14)17)16(21)19-12-4-6-15(20)18-8-7-12/h3,5,10,12H,2,4,6-9H2,1H3,(H,18,20)(H,19,21). The predicted octanol–water partition coefficient (Wildman–Crippen LogP) is 2.53. The molecule has 0 saturated carbocycles. The van der Waals surface area contributed by atoms with Gasteiger partial charge in [0.15, 0.2) is 0 Å². The maximum atomic E-state index is 12.3. The number of ether oxygens (including phenoxy) is 1. The Bertz CT molecular complexity index is 548. The van der Waals surface area contributed by atoms with Gasteiger partial charge < -0.3 is 15.4 Å². The van der Waals surface area contributed by atoms with Crippen molar-refractivity contribution in [1.29, 1.82) is 0 Å². The fourth-order valence-corrected chi connectivity index (χ4v) is 2.54. The molecule has 22 heavy (non-hydrogen) atoms. The summed E-state index contributed by atoms with van der Waals surface area (Å²) < 4.78 is 5.49. The Hall–Kier alpha value is -1.75. The highest BCUT2D eigenvalue weighted by Gasteiger charge is 2.19. The van der Waals surface area contributed by atoms with E-state index in [0.29, 0.717) is 42.3 Å². The van der Waals surface area contributed by atoms with Crippen LogP contribution in [0.15, 0.2) is 18.2 Å². The average Bonchev–Trinajstić information content (AvgIpc) is 2.70. The lowest BCUT2D eigenvalue weighted by Gasteiger charge is -2.16. The van der Waals surface area contributed by atoms with Gasteiger partial charge in [0.05, 0.1) is 11.6 Å². The van der Waals surface area contributed by atoms with E-state index >= 15 is 0 Å². The molecule has 1 heterocycles. The molecule has 1 aromatic carbocycles. The van der Waals surface area contributed by atoms with Gasteiger partial charge >= 0.3 is 0 Å². The van der Waals surface area contributed by atoms with Gasteiger partial charge in [-0.3, -0.25) is 9.59 Å².